The molecule has 2 aromatic carbocycles. The van der Waals surface area contributed by atoms with E-state index in [9.17, 15) is 9.18 Å². The van der Waals surface area contributed by atoms with Crippen molar-refractivity contribution in [2.45, 2.75) is 25.7 Å². The van der Waals surface area contributed by atoms with Gasteiger partial charge in [-0.15, -0.1) is 0 Å². The number of halogens is 2. The summed E-state index contributed by atoms with van der Waals surface area (Å²) < 4.78 is 13.1. The quantitative estimate of drug-likeness (QED) is 0.674. The zero-order chi connectivity index (χ0) is 19.0. The third kappa shape index (κ3) is 3.69. The number of aryl methyl sites for hydroxylation is 1. The predicted octanol–water partition coefficient (Wildman–Crippen LogP) is 5.23. The van der Waals surface area contributed by atoms with Crippen LogP contribution in [0.15, 0.2) is 48.5 Å². The number of nitrogens with zero attached hydrogens (tertiary/aromatic N) is 2. The predicted molar refractivity (Wildman–Crippen MR) is 103 cm³/mol. The highest BCUT2D eigenvalue weighted by Gasteiger charge is 2.30. The van der Waals surface area contributed by atoms with Gasteiger partial charge in [-0.1, -0.05) is 23.7 Å². The molecule has 6 heteroatoms. The number of aromatic nitrogens is 2. The van der Waals surface area contributed by atoms with E-state index >= 15 is 0 Å². The Labute approximate surface area is 161 Å². The first kappa shape index (κ1) is 17.6. The van der Waals surface area contributed by atoms with Crippen LogP contribution in [0.4, 0.5) is 16.0 Å². The molecule has 136 valence electrons. The molecule has 0 bridgehead atoms. The van der Waals surface area contributed by atoms with Gasteiger partial charge in [-0.25, -0.2) is 14.4 Å². The average Bonchev–Trinajstić information content (AvgIpc) is 2.63. The molecule has 1 heterocycles. The van der Waals surface area contributed by atoms with Crippen molar-refractivity contribution in [3.05, 3.63) is 81.9 Å². The van der Waals surface area contributed by atoms with E-state index in [2.05, 4.69) is 15.3 Å². The first-order valence-corrected chi connectivity index (χ1v) is 9.06. The number of fused-ring (bicyclic) bond motifs is 1. The molecule has 27 heavy (non-hydrogen) atoms. The standard InChI is InChI=1S/C21H17ClFN3O/c1-12-20-18(26-21(24-12)25-17-7-5-16(23)6-8-17)10-14(11-19(20)27)13-3-2-4-15(22)9-13/h2-9,14H,10-11H2,1H3,(H,24,25,26). The van der Waals surface area contributed by atoms with Crippen molar-refractivity contribution in [1.82, 2.24) is 9.97 Å². The van der Waals surface area contributed by atoms with Gasteiger partial charge in [0.2, 0.25) is 5.95 Å². The van der Waals surface area contributed by atoms with Crippen LogP contribution in [-0.4, -0.2) is 15.8 Å². The summed E-state index contributed by atoms with van der Waals surface area (Å²) in [5.41, 5.74) is 3.71. The van der Waals surface area contributed by atoms with Gasteiger partial charge in [-0.05, 0) is 61.2 Å². The highest BCUT2D eigenvalue weighted by molar-refractivity contribution is 6.30. The maximum absolute atomic E-state index is 13.1. The fraction of sp³-hybridized carbons (Fsp3) is 0.190. The van der Waals surface area contributed by atoms with E-state index in [1.807, 2.05) is 31.2 Å². The third-order valence-corrected chi connectivity index (χ3v) is 4.97. The molecule has 1 aliphatic rings. The fourth-order valence-electron chi connectivity index (χ4n) is 3.49. The zero-order valence-corrected chi connectivity index (χ0v) is 15.4. The number of carbonyl (C=O) groups excluding carboxylic acids is 1. The molecule has 1 aliphatic carbocycles. The highest BCUT2D eigenvalue weighted by Crippen LogP contribution is 2.34. The number of carbonyl (C=O) groups is 1. The van der Waals surface area contributed by atoms with Gasteiger partial charge in [0.25, 0.3) is 0 Å². The summed E-state index contributed by atoms with van der Waals surface area (Å²) in [4.78, 5) is 21.7. The van der Waals surface area contributed by atoms with Gasteiger partial charge in [0.05, 0.1) is 17.0 Å². The molecule has 0 aliphatic heterocycles. The van der Waals surface area contributed by atoms with Crippen molar-refractivity contribution in [2.75, 3.05) is 5.32 Å². The minimum absolute atomic E-state index is 0.0386. The summed E-state index contributed by atoms with van der Waals surface area (Å²) in [5.74, 6) is 0.180. The van der Waals surface area contributed by atoms with E-state index in [0.29, 0.717) is 40.8 Å². The number of hydrogen-bond acceptors (Lipinski definition) is 4. The monoisotopic (exact) mass is 381 g/mol. The van der Waals surface area contributed by atoms with Crippen LogP contribution in [0.25, 0.3) is 0 Å². The molecule has 4 rings (SSSR count). The van der Waals surface area contributed by atoms with Crippen molar-refractivity contribution in [1.29, 1.82) is 0 Å². The topological polar surface area (TPSA) is 54.9 Å². The maximum atomic E-state index is 13.1. The van der Waals surface area contributed by atoms with Gasteiger partial charge in [0.1, 0.15) is 5.82 Å². The van der Waals surface area contributed by atoms with Crippen LogP contribution in [0.1, 0.15) is 39.6 Å². The SMILES string of the molecule is Cc1nc(Nc2ccc(F)cc2)nc2c1C(=O)CC(c1cccc(Cl)c1)C2. The van der Waals surface area contributed by atoms with E-state index in [1.54, 1.807) is 12.1 Å². The summed E-state index contributed by atoms with van der Waals surface area (Å²) >= 11 is 6.11. The summed E-state index contributed by atoms with van der Waals surface area (Å²) in [6.07, 6.45) is 1.06. The number of nitrogens with one attached hydrogen (secondary N) is 1. The Balaban J connectivity index is 1.66. The van der Waals surface area contributed by atoms with Crippen LogP contribution in [-0.2, 0) is 6.42 Å². The van der Waals surface area contributed by atoms with Gasteiger partial charge >= 0.3 is 0 Å². The highest BCUT2D eigenvalue weighted by atomic mass is 35.5. The molecule has 4 nitrogen and oxygen atoms in total. The lowest BCUT2D eigenvalue weighted by Gasteiger charge is -2.24. The summed E-state index contributed by atoms with van der Waals surface area (Å²) in [7, 11) is 0. The lowest BCUT2D eigenvalue weighted by atomic mass is 9.81. The minimum atomic E-state index is -0.307. The minimum Gasteiger partial charge on any atom is -0.324 e. The molecular formula is C21H17ClFN3O. The Bertz CT molecular complexity index is 1020. The molecule has 0 amide bonds. The Morgan fingerprint density at radius 1 is 1.11 bits per heavy atom. The van der Waals surface area contributed by atoms with Crippen LogP contribution < -0.4 is 5.32 Å². The van der Waals surface area contributed by atoms with Gasteiger partial charge in [-0.2, -0.15) is 0 Å². The summed E-state index contributed by atoms with van der Waals surface area (Å²) in [5, 5.41) is 3.74. The molecular weight excluding hydrogens is 365 g/mol. The van der Waals surface area contributed by atoms with Crippen molar-refractivity contribution in [2.24, 2.45) is 0 Å². The van der Waals surface area contributed by atoms with Crippen LogP contribution in [0.3, 0.4) is 0 Å². The van der Waals surface area contributed by atoms with Crippen molar-refractivity contribution >= 4 is 29.0 Å². The molecule has 1 atom stereocenters. The molecule has 3 aromatic rings. The molecule has 0 saturated carbocycles. The molecule has 1 unspecified atom stereocenters. The molecule has 0 fully saturated rings. The lowest BCUT2D eigenvalue weighted by molar-refractivity contribution is 0.0962. The number of hydrogen-bond donors (Lipinski definition) is 1. The van der Waals surface area contributed by atoms with E-state index < -0.39 is 0 Å². The van der Waals surface area contributed by atoms with Crippen LogP contribution in [0.5, 0.6) is 0 Å². The van der Waals surface area contributed by atoms with E-state index in [1.165, 1.54) is 12.1 Å². The zero-order valence-electron chi connectivity index (χ0n) is 14.7. The third-order valence-electron chi connectivity index (χ3n) is 4.74. The van der Waals surface area contributed by atoms with E-state index in [4.69, 9.17) is 11.6 Å². The number of anilines is 2. The van der Waals surface area contributed by atoms with Crippen LogP contribution >= 0.6 is 11.6 Å². The Morgan fingerprint density at radius 2 is 1.89 bits per heavy atom. The second kappa shape index (κ2) is 7.08. The fourth-order valence-corrected chi connectivity index (χ4v) is 3.69. The molecule has 0 radical (unpaired) electrons. The van der Waals surface area contributed by atoms with E-state index in [0.717, 1.165) is 11.3 Å². The van der Waals surface area contributed by atoms with Crippen molar-refractivity contribution in [3.8, 4) is 0 Å². The first-order chi connectivity index (χ1) is 13.0. The first-order valence-electron chi connectivity index (χ1n) is 8.68. The Morgan fingerprint density at radius 3 is 2.63 bits per heavy atom. The molecule has 1 aromatic heterocycles. The lowest BCUT2D eigenvalue weighted by Crippen LogP contribution is -2.22. The van der Waals surface area contributed by atoms with Gasteiger partial charge in [0.15, 0.2) is 5.78 Å². The van der Waals surface area contributed by atoms with Gasteiger partial charge < -0.3 is 5.32 Å². The van der Waals surface area contributed by atoms with Crippen LogP contribution in [0.2, 0.25) is 5.02 Å². The molecule has 0 spiro atoms. The summed E-state index contributed by atoms with van der Waals surface area (Å²) in [6, 6.07) is 13.6. The second-order valence-corrected chi connectivity index (χ2v) is 7.11. The Hall–Kier alpha value is -2.79. The Kier molecular flexibility index (Phi) is 4.62. The average molecular weight is 382 g/mol. The maximum Gasteiger partial charge on any atom is 0.227 e. The van der Waals surface area contributed by atoms with E-state index in [-0.39, 0.29) is 17.5 Å². The number of ketones is 1. The summed E-state index contributed by atoms with van der Waals surface area (Å²) in [6.45, 7) is 1.81. The second-order valence-electron chi connectivity index (χ2n) is 6.67. The smallest absolute Gasteiger partial charge is 0.227 e. The largest absolute Gasteiger partial charge is 0.324 e. The molecule has 1 N–H and O–H groups in total. The van der Waals surface area contributed by atoms with Gasteiger partial charge in [0, 0.05) is 17.1 Å². The van der Waals surface area contributed by atoms with Crippen molar-refractivity contribution in [3.63, 3.8) is 0 Å². The number of benzene rings is 2. The normalized spacial score (nSPS) is 16.1. The number of rotatable bonds is 3. The number of Topliss-reactive ketones (excluding diaryl/α,β-unsaturated/α-hetero) is 1. The molecule has 0 saturated heterocycles. The van der Waals surface area contributed by atoms with Gasteiger partial charge in [-0.3, -0.25) is 4.79 Å². The van der Waals surface area contributed by atoms with Crippen LogP contribution in [0, 0.1) is 12.7 Å². The van der Waals surface area contributed by atoms with Crippen molar-refractivity contribution < 1.29 is 9.18 Å².